The van der Waals surface area contributed by atoms with E-state index in [0.29, 0.717) is 5.69 Å². The first-order valence-electron chi connectivity index (χ1n) is 8.22. The lowest BCUT2D eigenvalue weighted by Crippen LogP contribution is -2.50. The first-order chi connectivity index (χ1) is 11.0. The fourth-order valence-corrected chi connectivity index (χ4v) is 4.13. The summed E-state index contributed by atoms with van der Waals surface area (Å²) in [4.78, 5) is 22.0. The van der Waals surface area contributed by atoms with Gasteiger partial charge in [0.25, 0.3) is 0 Å². The van der Waals surface area contributed by atoms with Gasteiger partial charge in [-0.2, -0.15) is 0 Å². The topological polar surface area (TPSA) is 98.6 Å². The van der Waals surface area contributed by atoms with E-state index in [4.69, 9.17) is 5.11 Å². The number of rotatable bonds is 3. The van der Waals surface area contributed by atoms with Crippen LogP contribution in [0.4, 0.5) is 10.6 Å². The fourth-order valence-electron chi connectivity index (χ4n) is 4.13. The van der Waals surface area contributed by atoms with Crippen LogP contribution in [0.25, 0.3) is 0 Å². The molecule has 2 fully saturated rings. The zero-order valence-electron chi connectivity index (χ0n) is 13.5. The summed E-state index contributed by atoms with van der Waals surface area (Å²) in [5.74, 6) is 0.767. The van der Waals surface area contributed by atoms with Crippen molar-refractivity contribution in [2.45, 2.75) is 51.7 Å². The third kappa shape index (κ3) is 3.10. The quantitative estimate of drug-likeness (QED) is 0.784. The highest BCUT2D eigenvalue weighted by molar-refractivity contribution is 5.65. The lowest BCUT2D eigenvalue weighted by molar-refractivity contribution is 0.149. The summed E-state index contributed by atoms with van der Waals surface area (Å²) >= 11 is 0. The Kier molecular flexibility index (Phi) is 4.39. The number of anilines is 1. The van der Waals surface area contributed by atoms with Crippen LogP contribution in [0.15, 0.2) is 6.20 Å². The van der Waals surface area contributed by atoms with E-state index in [2.05, 4.69) is 20.2 Å². The molecule has 0 radical (unpaired) electrons. The molecule has 2 heterocycles. The van der Waals surface area contributed by atoms with Crippen molar-refractivity contribution in [2.75, 3.05) is 18.0 Å². The highest BCUT2D eigenvalue weighted by Gasteiger charge is 2.45. The number of amides is 1. The second-order valence-corrected chi connectivity index (χ2v) is 6.68. The molecule has 126 valence electrons. The van der Waals surface area contributed by atoms with Gasteiger partial charge in [-0.15, -0.1) is 0 Å². The molecule has 1 spiro atoms. The predicted octanol–water partition coefficient (Wildman–Crippen LogP) is 1.68. The first-order valence-corrected chi connectivity index (χ1v) is 8.22. The van der Waals surface area contributed by atoms with E-state index >= 15 is 0 Å². The van der Waals surface area contributed by atoms with E-state index in [1.54, 1.807) is 6.20 Å². The number of aromatic nitrogens is 2. The van der Waals surface area contributed by atoms with Crippen molar-refractivity contribution < 1.29 is 15.0 Å². The van der Waals surface area contributed by atoms with Crippen LogP contribution in [-0.2, 0) is 6.61 Å². The molecule has 1 atom stereocenters. The summed E-state index contributed by atoms with van der Waals surface area (Å²) in [7, 11) is 0. The second kappa shape index (κ2) is 6.31. The van der Waals surface area contributed by atoms with Gasteiger partial charge in [0.15, 0.2) is 5.82 Å². The largest absolute Gasteiger partial charge is 0.465 e. The van der Waals surface area contributed by atoms with Gasteiger partial charge in [0.2, 0.25) is 0 Å². The number of aliphatic hydroxyl groups is 1. The van der Waals surface area contributed by atoms with Gasteiger partial charge in [-0.25, -0.2) is 9.78 Å². The van der Waals surface area contributed by atoms with E-state index in [1.807, 2.05) is 6.92 Å². The smallest absolute Gasteiger partial charge is 0.404 e. The zero-order valence-corrected chi connectivity index (χ0v) is 13.5. The van der Waals surface area contributed by atoms with E-state index in [-0.39, 0.29) is 18.1 Å². The van der Waals surface area contributed by atoms with Crippen molar-refractivity contribution in [3.05, 3.63) is 17.6 Å². The van der Waals surface area contributed by atoms with Gasteiger partial charge in [0.05, 0.1) is 12.3 Å². The Balaban J connectivity index is 1.73. The molecule has 1 aliphatic carbocycles. The molecular formula is C16H24N4O3. The molecule has 0 aromatic carbocycles. The van der Waals surface area contributed by atoms with E-state index < -0.39 is 6.09 Å². The average Bonchev–Trinajstić information content (AvgIpc) is 2.90. The Morgan fingerprint density at radius 3 is 2.83 bits per heavy atom. The highest BCUT2D eigenvalue weighted by Crippen LogP contribution is 2.47. The number of piperidine rings is 1. The minimum Gasteiger partial charge on any atom is -0.465 e. The molecule has 3 N–H and O–H groups in total. The number of nitrogens with zero attached hydrogens (tertiary/aromatic N) is 3. The number of carboxylic acid groups (broad SMARTS) is 1. The van der Waals surface area contributed by atoms with E-state index in [9.17, 15) is 9.90 Å². The minimum absolute atomic E-state index is 0.0584. The first kappa shape index (κ1) is 16.0. The van der Waals surface area contributed by atoms with Gasteiger partial charge in [-0.1, -0.05) is 6.42 Å². The summed E-state index contributed by atoms with van der Waals surface area (Å²) in [6.07, 6.45) is 5.72. The summed E-state index contributed by atoms with van der Waals surface area (Å²) in [6, 6.07) is 0.0584. The van der Waals surface area contributed by atoms with Gasteiger partial charge in [-0.05, 0) is 38.0 Å². The number of aryl methyl sites for hydroxylation is 1. The van der Waals surface area contributed by atoms with Crippen molar-refractivity contribution in [2.24, 2.45) is 5.41 Å². The molecule has 1 saturated heterocycles. The lowest BCUT2D eigenvalue weighted by Gasteiger charge is -2.43. The minimum atomic E-state index is -0.925. The van der Waals surface area contributed by atoms with Crippen molar-refractivity contribution >= 4 is 11.9 Å². The van der Waals surface area contributed by atoms with Crippen LogP contribution >= 0.6 is 0 Å². The van der Waals surface area contributed by atoms with Gasteiger partial charge in [0, 0.05) is 25.3 Å². The average molecular weight is 320 g/mol. The third-order valence-electron chi connectivity index (χ3n) is 5.36. The predicted molar refractivity (Wildman–Crippen MR) is 85.4 cm³/mol. The SMILES string of the molecule is Cc1cnc(CO)c(N2CCC3(CCC[C@H]3NC(=O)O)CC2)n1. The van der Waals surface area contributed by atoms with E-state index in [0.717, 1.165) is 56.7 Å². The Bertz CT molecular complexity index is 585. The Morgan fingerprint density at radius 1 is 1.43 bits per heavy atom. The van der Waals surface area contributed by atoms with Crippen LogP contribution in [0.1, 0.15) is 43.5 Å². The maximum absolute atomic E-state index is 11.0. The summed E-state index contributed by atoms with van der Waals surface area (Å²) < 4.78 is 0. The number of hydrogen-bond acceptors (Lipinski definition) is 5. The van der Waals surface area contributed by atoms with Crippen LogP contribution in [0, 0.1) is 12.3 Å². The van der Waals surface area contributed by atoms with Crippen LogP contribution in [0.5, 0.6) is 0 Å². The number of aliphatic hydroxyl groups excluding tert-OH is 1. The standard InChI is InChI=1S/C16H24N4O3/c1-11-9-17-12(10-21)14(18-11)20-7-5-16(6-8-20)4-2-3-13(16)19-15(22)23/h9,13,19,21H,2-8,10H2,1H3,(H,22,23)/t13-/m1/s1. The van der Waals surface area contributed by atoms with Crippen molar-refractivity contribution in [1.29, 1.82) is 0 Å². The lowest BCUT2D eigenvalue weighted by atomic mass is 9.74. The molecule has 1 amide bonds. The Labute approximate surface area is 135 Å². The maximum Gasteiger partial charge on any atom is 0.404 e. The number of carbonyl (C=O) groups is 1. The maximum atomic E-state index is 11.0. The molecule has 1 aliphatic heterocycles. The van der Waals surface area contributed by atoms with Crippen LogP contribution in [0.3, 0.4) is 0 Å². The number of hydrogen-bond donors (Lipinski definition) is 3. The second-order valence-electron chi connectivity index (χ2n) is 6.68. The molecule has 0 unspecified atom stereocenters. The summed E-state index contributed by atoms with van der Waals surface area (Å²) in [6.45, 7) is 3.42. The molecule has 23 heavy (non-hydrogen) atoms. The third-order valence-corrected chi connectivity index (χ3v) is 5.36. The molecule has 0 bridgehead atoms. The molecule has 1 aromatic rings. The molecule has 3 rings (SSSR count). The Morgan fingerprint density at radius 2 is 2.17 bits per heavy atom. The number of nitrogens with one attached hydrogen (secondary N) is 1. The molecular weight excluding hydrogens is 296 g/mol. The molecule has 1 saturated carbocycles. The normalized spacial score (nSPS) is 23.2. The molecule has 7 heteroatoms. The Hall–Kier alpha value is -1.89. The van der Waals surface area contributed by atoms with Crippen molar-refractivity contribution in [1.82, 2.24) is 15.3 Å². The summed E-state index contributed by atoms with van der Waals surface area (Å²) in [5.41, 5.74) is 1.52. The van der Waals surface area contributed by atoms with Crippen molar-refractivity contribution in [3.8, 4) is 0 Å². The van der Waals surface area contributed by atoms with Crippen molar-refractivity contribution in [3.63, 3.8) is 0 Å². The zero-order chi connectivity index (χ0) is 16.4. The van der Waals surface area contributed by atoms with Gasteiger partial charge in [0.1, 0.15) is 5.69 Å². The molecule has 7 nitrogen and oxygen atoms in total. The molecule has 1 aromatic heterocycles. The van der Waals surface area contributed by atoms with Gasteiger partial charge < -0.3 is 20.4 Å². The van der Waals surface area contributed by atoms with Crippen LogP contribution in [0.2, 0.25) is 0 Å². The van der Waals surface area contributed by atoms with Gasteiger partial charge >= 0.3 is 6.09 Å². The summed E-state index contributed by atoms with van der Waals surface area (Å²) in [5, 5.41) is 21.2. The van der Waals surface area contributed by atoms with Crippen LogP contribution < -0.4 is 10.2 Å². The van der Waals surface area contributed by atoms with Crippen LogP contribution in [-0.4, -0.2) is 45.4 Å². The monoisotopic (exact) mass is 320 g/mol. The molecule has 2 aliphatic rings. The van der Waals surface area contributed by atoms with E-state index in [1.165, 1.54) is 0 Å². The highest BCUT2D eigenvalue weighted by atomic mass is 16.4. The fraction of sp³-hybridized carbons (Fsp3) is 0.688. The van der Waals surface area contributed by atoms with Gasteiger partial charge in [-0.3, -0.25) is 4.98 Å².